The fraction of sp³-hybridized carbons (Fsp3) is 0.250. The van der Waals surface area contributed by atoms with E-state index in [1.165, 1.54) is 0 Å². The Labute approximate surface area is 45.2 Å². The third-order valence-corrected chi connectivity index (χ3v) is 0.236. The van der Waals surface area contributed by atoms with Crippen LogP contribution in [0.1, 0.15) is 6.92 Å². The fourth-order valence-corrected chi connectivity index (χ4v) is 0. The molecule has 0 bridgehead atoms. The second-order valence-corrected chi connectivity index (χ2v) is 0.569. The van der Waals surface area contributed by atoms with E-state index in [0.29, 0.717) is 0 Å². The van der Waals surface area contributed by atoms with Crippen LogP contribution >= 0.6 is 0 Å². The minimum absolute atomic E-state index is 0. The SMILES string of the molecule is [CH2-]/C=C/C.[V]. The second-order valence-electron chi connectivity index (χ2n) is 0.569. The van der Waals surface area contributed by atoms with Crippen LogP contribution in [0, 0.1) is 6.92 Å². The summed E-state index contributed by atoms with van der Waals surface area (Å²) in [5.74, 6) is 0. The van der Waals surface area contributed by atoms with Crippen molar-refractivity contribution in [2.75, 3.05) is 0 Å². The average molecular weight is 106 g/mol. The van der Waals surface area contributed by atoms with Gasteiger partial charge in [0.05, 0.1) is 0 Å². The molecule has 0 nitrogen and oxygen atoms in total. The van der Waals surface area contributed by atoms with Gasteiger partial charge in [-0.2, -0.15) is 0 Å². The summed E-state index contributed by atoms with van der Waals surface area (Å²) in [6, 6.07) is 0. The van der Waals surface area contributed by atoms with Crippen molar-refractivity contribution in [2.45, 2.75) is 6.92 Å². The molecule has 0 fully saturated rings. The van der Waals surface area contributed by atoms with Crippen molar-refractivity contribution >= 4 is 0 Å². The van der Waals surface area contributed by atoms with Crippen LogP contribution in [0.4, 0.5) is 0 Å². The van der Waals surface area contributed by atoms with E-state index in [9.17, 15) is 0 Å². The Balaban J connectivity index is 0. The zero-order valence-corrected chi connectivity index (χ0v) is 4.71. The zero-order chi connectivity index (χ0) is 3.41. The van der Waals surface area contributed by atoms with Gasteiger partial charge in [-0.25, -0.2) is 19.1 Å². The van der Waals surface area contributed by atoms with Crippen LogP contribution in [0.3, 0.4) is 0 Å². The van der Waals surface area contributed by atoms with Gasteiger partial charge in [0.2, 0.25) is 0 Å². The Morgan fingerprint density at radius 1 is 1.60 bits per heavy atom. The molecule has 0 aliphatic carbocycles. The first-order valence-electron chi connectivity index (χ1n) is 1.32. The van der Waals surface area contributed by atoms with Crippen molar-refractivity contribution in [2.24, 2.45) is 0 Å². The summed E-state index contributed by atoms with van der Waals surface area (Å²) in [5, 5.41) is 0. The van der Waals surface area contributed by atoms with Crippen molar-refractivity contribution in [3.8, 4) is 0 Å². The van der Waals surface area contributed by atoms with Gasteiger partial charge in [0.1, 0.15) is 0 Å². The van der Waals surface area contributed by atoms with Crippen molar-refractivity contribution in [3.63, 3.8) is 0 Å². The molecular weight excluding hydrogens is 99.0 g/mol. The molecular formula is C4H7V-. The van der Waals surface area contributed by atoms with Gasteiger partial charge in [0.15, 0.2) is 0 Å². The predicted molar refractivity (Wildman–Crippen MR) is 20.2 cm³/mol. The molecule has 0 unspecified atom stereocenters. The second kappa shape index (κ2) is 8.89. The van der Waals surface area contributed by atoms with Crippen LogP contribution in [-0.4, -0.2) is 0 Å². The maximum atomic E-state index is 3.42. The zero-order valence-electron chi connectivity index (χ0n) is 3.31. The van der Waals surface area contributed by atoms with Crippen molar-refractivity contribution < 1.29 is 18.6 Å². The van der Waals surface area contributed by atoms with Crippen LogP contribution in [0.25, 0.3) is 0 Å². The van der Waals surface area contributed by atoms with Gasteiger partial charge in [0, 0.05) is 18.6 Å². The third kappa shape index (κ3) is 14.2. The fourth-order valence-electron chi connectivity index (χ4n) is 0. The summed E-state index contributed by atoms with van der Waals surface area (Å²) >= 11 is 0. The van der Waals surface area contributed by atoms with Crippen molar-refractivity contribution in [3.05, 3.63) is 19.1 Å². The Kier molecular flexibility index (Phi) is 15.9. The van der Waals surface area contributed by atoms with E-state index in [0.717, 1.165) is 0 Å². The topological polar surface area (TPSA) is 0 Å². The summed E-state index contributed by atoms with van der Waals surface area (Å²) in [4.78, 5) is 0. The maximum Gasteiger partial charge on any atom is 0 e. The summed E-state index contributed by atoms with van der Waals surface area (Å²) in [6.45, 7) is 5.36. The first kappa shape index (κ1) is 8.96. The molecule has 0 atom stereocenters. The molecule has 0 aliphatic heterocycles. The molecule has 0 saturated carbocycles. The monoisotopic (exact) mass is 106 g/mol. The number of hydrogen-bond donors (Lipinski definition) is 0. The molecule has 0 saturated heterocycles. The van der Waals surface area contributed by atoms with Crippen LogP contribution in [-0.2, 0) is 18.6 Å². The molecule has 5 heavy (non-hydrogen) atoms. The molecule has 0 rings (SSSR count). The van der Waals surface area contributed by atoms with Gasteiger partial charge in [0.25, 0.3) is 0 Å². The molecule has 29 valence electrons. The van der Waals surface area contributed by atoms with E-state index in [1.54, 1.807) is 6.08 Å². The van der Waals surface area contributed by atoms with E-state index in [1.807, 2.05) is 13.0 Å². The van der Waals surface area contributed by atoms with Gasteiger partial charge < -0.3 is 0 Å². The van der Waals surface area contributed by atoms with Crippen LogP contribution in [0.2, 0.25) is 0 Å². The van der Waals surface area contributed by atoms with Crippen molar-refractivity contribution in [1.82, 2.24) is 0 Å². The number of rotatable bonds is 0. The van der Waals surface area contributed by atoms with Crippen LogP contribution in [0.15, 0.2) is 12.2 Å². The van der Waals surface area contributed by atoms with Crippen LogP contribution in [0.5, 0.6) is 0 Å². The molecule has 0 heterocycles. The third-order valence-electron chi connectivity index (χ3n) is 0.236. The van der Waals surface area contributed by atoms with E-state index in [4.69, 9.17) is 0 Å². The minimum atomic E-state index is 0. The van der Waals surface area contributed by atoms with Gasteiger partial charge in [-0.05, 0) is 0 Å². The Morgan fingerprint density at radius 2 is 1.80 bits per heavy atom. The quantitative estimate of drug-likeness (QED) is 0.409. The standard InChI is InChI=1S/C4H7.V/c1-3-4-2;/h3-4H,1H2,2H3;/q-1;/b4-3+;. The first-order valence-corrected chi connectivity index (χ1v) is 1.32. The van der Waals surface area contributed by atoms with Gasteiger partial charge in [-0.1, -0.05) is 0 Å². The summed E-state index contributed by atoms with van der Waals surface area (Å²) in [7, 11) is 0. The van der Waals surface area contributed by atoms with Crippen molar-refractivity contribution in [1.29, 1.82) is 0 Å². The first-order chi connectivity index (χ1) is 1.91. The molecule has 0 aromatic heterocycles. The summed E-state index contributed by atoms with van der Waals surface area (Å²) < 4.78 is 0. The van der Waals surface area contributed by atoms with Crippen LogP contribution < -0.4 is 0 Å². The molecule has 0 spiro atoms. The Hall–Kier alpha value is 0.194. The van der Waals surface area contributed by atoms with E-state index < -0.39 is 0 Å². The normalized spacial score (nSPS) is 7.40. The Morgan fingerprint density at radius 3 is 1.80 bits per heavy atom. The molecule has 0 N–H and O–H groups in total. The number of allylic oxidation sites excluding steroid dienone is 2. The molecule has 0 amide bonds. The summed E-state index contributed by atoms with van der Waals surface area (Å²) in [6.07, 6.45) is 3.64. The number of hydrogen-bond acceptors (Lipinski definition) is 0. The van der Waals surface area contributed by atoms with E-state index >= 15 is 0 Å². The minimum Gasteiger partial charge on any atom is -0.245 e. The molecule has 0 aliphatic rings. The van der Waals surface area contributed by atoms with Gasteiger partial charge in [-0.15, -0.1) is 6.92 Å². The molecule has 0 aromatic carbocycles. The molecule has 1 heteroatoms. The molecule has 0 aromatic rings. The smallest absolute Gasteiger partial charge is 0 e. The average Bonchev–Trinajstić information content (AvgIpc) is 1.37. The maximum absolute atomic E-state index is 3.42. The van der Waals surface area contributed by atoms with E-state index in [2.05, 4.69) is 6.92 Å². The van der Waals surface area contributed by atoms with Gasteiger partial charge >= 0.3 is 0 Å². The predicted octanol–water partition coefficient (Wildman–Crippen LogP) is 1.39. The largest absolute Gasteiger partial charge is 0.245 e. The van der Waals surface area contributed by atoms with E-state index in [-0.39, 0.29) is 18.6 Å². The molecule has 1 radical (unpaired) electrons. The Bertz CT molecular complexity index is 18.8. The summed E-state index contributed by atoms with van der Waals surface area (Å²) in [5.41, 5.74) is 0. The van der Waals surface area contributed by atoms with Gasteiger partial charge in [-0.3, -0.25) is 0 Å².